The number of carbonyl (C=O) groups is 6. The molecule has 9 rings (SSSR count). The Kier molecular flexibility index (Phi) is 18.3. The Hall–Kier alpha value is -10.0. The third-order valence-corrected chi connectivity index (χ3v) is 15.5. The summed E-state index contributed by atoms with van der Waals surface area (Å²) in [6, 6.07) is 50.1. The van der Waals surface area contributed by atoms with Crippen LogP contribution >= 0.6 is 23.5 Å². The first-order chi connectivity index (χ1) is 40.4. The van der Waals surface area contributed by atoms with Crippen LogP contribution in [0.3, 0.4) is 0 Å². The predicted molar refractivity (Wildman–Crippen MR) is 316 cm³/mol. The minimum Gasteiger partial charge on any atom is -0.370 e. The topological polar surface area (TPSA) is 244 Å². The second-order valence-corrected chi connectivity index (χ2v) is 21.3. The van der Waals surface area contributed by atoms with E-state index in [1.165, 1.54) is 66.8 Å². The number of nitro benzene ring substituents is 2. The summed E-state index contributed by atoms with van der Waals surface area (Å²) >= 11 is 2.79. The molecule has 0 N–H and O–H groups in total. The van der Waals surface area contributed by atoms with Crippen molar-refractivity contribution in [2.75, 3.05) is 24.6 Å². The molecule has 18 nitrogen and oxygen atoms in total. The van der Waals surface area contributed by atoms with E-state index in [1.54, 1.807) is 115 Å². The van der Waals surface area contributed by atoms with E-state index in [0.29, 0.717) is 34.5 Å². The highest BCUT2D eigenvalue weighted by Gasteiger charge is 2.35. The van der Waals surface area contributed by atoms with Crippen molar-refractivity contribution in [2.24, 2.45) is 10.3 Å². The van der Waals surface area contributed by atoms with E-state index in [1.807, 2.05) is 42.2 Å². The highest BCUT2D eigenvalue weighted by molar-refractivity contribution is 7.99. The van der Waals surface area contributed by atoms with Gasteiger partial charge in [0, 0.05) is 114 Å². The molecule has 0 bridgehead atoms. The number of ether oxygens (including phenoxy) is 1. The molecule has 0 amide bonds. The van der Waals surface area contributed by atoms with E-state index in [-0.39, 0.29) is 80.9 Å². The molecule has 0 aliphatic carbocycles. The molecular formula is C64H49N5O13S2. The molecule has 84 heavy (non-hydrogen) atoms. The first-order valence-electron chi connectivity index (χ1n) is 25.9. The minimum absolute atomic E-state index is 0.0338. The summed E-state index contributed by atoms with van der Waals surface area (Å²) in [5.74, 6) is -3.21. The van der Waals surface area contributed by atoms with Gasteiger partial charge in [-0.05, 0) is 141 Å². The summed E-state index contributed by atoms with van der Waals surface area (Å²) in [6.45, 7) is 6.21. The maximum absolute atomic E-state index is 14.4. The Bertz CT molecular complexity index is 3960. The Morgan fingerprint density at radius 1 is 0.512 bits per heavy atom. The molecule has 1 aliphatic rings. The van der Waals surface area contributed by atoms with Crippen LogP contribution in [0.2, 0.25) is 0 Å². The number of carbonyl (C=O) groups excluding carboxylic acids is 6. The van der Waals surface area contributed by atoms with Gasteiger partial charge in [-0.3, -0.25) is 39.4 Å². The Morgan fingerprint density at radius 3 is 1.40 bits per heavy atom. The SMILES string of the molecule is CC(=O)O/N=C(\C(=O)c1ccc(Sc2ccc(C(=O)c3ccc(N4CCOC(c5c(/C(=N/OC(C)=O)C(=O)c6ccc(Sc7ccc(C(=O)c8ccccc8C)cc7)cc6)cccc5[N+](=O)[O-])C4)cc3)cc2)cc1)c1cccc([N+](=O)[O-])c1C. The number of benzene rings is 8. The summed E-state index contributed by atoms with van der Waals surface area (Å²) in [5.41, 5.74) is 3.14. The van der Waals surface area contributed by atoms with Crippen LogP contribution in [0.25, 0.3) is 0 Å². The van der Waals surface area contributed by atoms with Crippen LogP contribution in [0, 0.1) is 34.1 Å². The van der Waals surface area contributed by atoms with Crippen molar-refractivity contribution in [3.05, 3.63) is 263 Å². The first-order valence-corrected chi connectivity index (χ1v) is 27.6. The quantitative estimate of drug-likeness (QED) is 0.0226. The molecule has 1 aliphatic heterocycles. The maximum Gasteiger partial charge on any atom is 0.332 e. The van der Waals surface area contributed by atoms with Gasteiger partial charge in [0.25, 0.3) is 11.4 Å². The number of nitro groups is 2. The Labute approximate surface area is 489 Å². The lowest BCUT2D eigenvalue weighted by molar-refractivity contribution is -0.386. The van der Waals surface area contributed by atoms with Crippen molar-refractivity contribution in [1.29, 1.82) is 0 Å². The van der Waals surface area contributed by atoms with Crippen molar-refractivity contribution >= 4 is 87.1 Å². The van der Waals surface area contributed by atoms with Crippen LogP contribution in [0.4, 0.5) is 17.1 Å². The van der Waals surface area contributed by atoms with Gasteiger partial charge in [0.2, 0.25) is 11.6 Å². The monoisotopic (exact) mass is 1160 g/mol. The number of hydrogen-bond donors (Lipinski definition) is 0. The van der Waals surface area contributed by atoms with E-state index in [9.17, 15) is 49.0 Å². The predicted octanol–water partition coefficient (Wildman–Crippen LogP) is 12.8. The lowest BCUT2D eigenvalue weighted by atomic mass is 9.92. The van der Waals surface area contributed by atoms with E-state index >= 15 is 0 Å². The Balaban J connectivity index is 0.865. The standard InChI is InChI=1S/C64H49N5O13S2/c1-38-9-5-6-10-52(38)62(73)44-19-29-49(30-20-44)84-51-33-23-46(24-34-51)64(75)60(66-82-41(4)71)54-12-8-14-56(69(78)79)58(54)57-37-67(35-36-80-57)47-25-15-42(16-26-47)61(72)43-17-27-48(28-18-43)83-50-31-21-45(22-32-50)63(74)59(65-81-40(3)70)53-11-7-13-55(39(53)2)68(76)77/h5-34,57H,35-37H2,1-4H3/b65-59-,66-60-. The van der Waals surface area contributed by atoms with Crippen LogP contribution < -0.4 is 4.90 Å². The summed E-state index contributed by atoms with van der Waals surface area (Å²) in [7, 11) is 0. The fourth-order valence-corrected chi connectivity index (χ4v) is 10.9. The zero-order chi connectivity index (χ0) is 59.6. The summed E-state index contributed by atoms with van der Waals surface area (Å²) in [6.07, 6.45) is -0.973. The van der Waals surface area contributed by atoms with E-state index < -0.39 is 39.5 Å². The molecule has 0 spiro atoms. The van der Waals surface area contributed by atoms with Gasteiger partial charge in [-0.2, -0.15) is 0 Å². The molecule has 420 valence electrons. The minimum atomic E-state index is -0.973. The lowest BCUT2D eigenvalue weighted by Crippen LogP contribution is -2.39. The number of rotatable bonds is 20. The summed E-state index contributed by atoms with van der Waals surface area (Å²) in [4.78, 5) is 117. The highest BCUT2D eigenvalue weighted by atomic mass is 32.2. The van der Waals surface area contributed by atoms with Gasteiger partial charge in [0.1, 0.15) is 6.10 Å². The molecule has 0 radical (unpaired) electrons. The molecule has 1 heterocycles. The van der Waals surface area contributed by atoms with Gasteiger partial charge < -0.3 is 19.3 Å². The van der Waals surface area contributed by atoms with Gasteiger partial charge in [0.05, 0.1) is 22.0 Å². The zero-order valence-electron chi connectivity index (χ0n) is 45.4. The number of ketones is 4. The Morgan fingerprint density at radius 2 is 0.929 bits per heavy atom. The smallest absolute Gasteiger partial charge is 0.332 e. The van der Waals surface area contributed by atoms with Crippen molar-refractivity contribution in [3.63, 3.8) is 0 Å². The normalized spacial score (nSPS) is 13.4. The molecule has 0 saturated carbocycles. The lowest BCUT2D eigenvalue weighted by Gasteiger charge is -2.35. The molecule has 1 saturated heterocycles. The number of morpholine rings is 1. The molecule has 8 aromatic rings. The fourth-order valence-electron chi connectivity index (χ4n) is 9.26. The van der Waals surface area contributed by atoms with E-state index in [4.69, 9.17) is 14.4 Å². The highest BCUT2D eigenvalue weighted by Crippen LogP contribution is 2.37. The van der Waals surface area contributed by atoms with Gasteiger partial charge in [-0.15, -0.1) is 0 Å². The van der Waals surface area contributed by atoms with E-state index in [0.717, 1.165) is 39.0 Å². The van der Waals surface area contributed by atoms with Crippen molar-refractivity contribution in [2.45, 2.75) is 53.4 Å². The number of nitrogens with zero attached hydrogens (tertiary/aromatic N) is 5. The van der Waals surface area contributed by atoms with Crippen LogP contribution in [-0.4, -0.2) is 76.0 Å². The van der Waals surface area contributed by atoms with Crippen LogP contribution in [0.15, 0.2) is 212 Å². The molecule has 0 aromatic heterocycles. The second-order valence-electron chi connectivity index (χ2n) is 19.0. The third-order valence-electron chi connectivity index (χ3n) is 13.5. The maximum atomic E-state index is 14.4. The van der Waals surface area contributed by atoms with Gasteiger partial charge in [-0.1, -0.05) is 82.4 Å². The largest absolute Gasteiger partial charge is 0.370 e. The molecule has 8 aromatic carbocycles. The number of hydrogen-bond acceptors (Lipinski definition) is 18. The van der Waals surface area contributed by atoms with Crippen LogP contribution in [0.1, 0.15) is 100 Å². The molecule has 1 unspecified atom stereocenters. The number of anilines is 1. The second kappa shape index (κ2) is 26.3. The number of oxime groups is 2. The molecule has 20 heteroatoms. The summed E-state index contributed by atoms with van der Waals surface area (Å²) in [5, 5.41) is 32.1. The van der Waals surface area contributed by atoms with Gasteiger partial charge in [-0.25, -0.2) is 9.59 Å². The third kappa shape index (κ3) is 13.7. The zero-order valence-corrected chi connectivity index (χ0v) is 47.0. The van der Waals surface area contributed by atoms with E-state index in [2.05, 4.69) is 10.3 Å². The first kappa shape index (κ1) is 58.6. The van der Waals surface area contributed by atoms with Gasteiger partial charge >= 0.3 is 11.9 Å². The molecule has 1 atom stereocenters. The summed E-state index contributed by atoms with van der Waals surface area (Å²) < 4.78 is 6.22. The van der Waals surface area contributed by atoms with Crippen LogP contribution in [0.5, 0.6) is 0 Å². The van der Waals surface area contributed by atoms with Crippen molar-refractivity contribution in [1.82, 2.24) is 0 Å². The molecule has 1 fully saturated rings. The van der Waals surface area contributed by atoms with Gasteiger partial charge in [0.15, 0.2) is 23.0 Å². The number of Topliss-reactive ketones (excluding diaryl/α,β-unsaturated/α-hetero) is 2. The average Bonchev–Trinajstić information content (AvgIpc) is 1.86. The van der Waals surface area contributed by atoms with Crippen LogP contribution in [-0.2, 0) is 24.0 Å². The van der Waals surface area contributed by atoms with Crippen molar-refractivity contribution < 1.29 is 53.0 Å². The number of aryl methyl sites for hydroxylation is 1. The molecular weight excluding hydrogens is 1110 g/mol. The fraction of sp³-hybridized carbons (Fsp3) is 0.125. The van der Waals surface area contributed by atoms with Crippen molar-refractivity contribution in [3.8, 4) is 0 Å². The average molecular weight is 1160 g/mol.